The summed E-state index contributed by atoms with van der Waals surface area (Å²) < 4.78 is 49.5. The molecule has 1 aromatic heterocycles. The number of furan rings is 1. The first-order chi connectivity index (χ1) is 21.9. The first-order valence-corrected chi connectivity index (χ1v) is 16.5. The second-order valence-electron chi connectivity index (χ2n) is 13.2. The smallest absolute Gasteiger partial charge is 0.407 e. The van der Waals surface area contributed by atoms with Crippen molar-refractivity contribution in [3.05, 3.63) is 89.2 Å². The molecule has 0 aliphatic rings. The van der Waals surface area contributed by atoms with Crippen molar-refractivity contribution in [2.75, 3.05) is 0 Å². The molecule has 4 aromatic rings. The second-order valence-corrected chi connectivity index (χ2v) is 14.5. The van der Waals surface area contributed by atoms with Crippen LogP contribution in [0.15, 0.2) is 75.5 Å². The van der Waals surface area contributed by atoms with Crippen LogP contribution in [0.5, 0.6) is 5.75 Å². The zero-order valence-electron chi connectivity index (χ0n) is 27.6. The minimum Gasteiger partial charge on any atom is -0.489 e. The van der Waals surface area contributed by atoms with Crippen molar-refractivity contribution >= 4 is 39.0 Å². The molecule has 3 N–H and O–H groups in total. The van der Waals surface area contributed by atoms with Gasteiger partial charge >= 0.3 is 22.3 Å². The van der Waals surface area contributed by atoms with Gasteiger partial charge in [0.15, 0.2) is 0 Å². The molecule has 250 valence electrons. The summed E-state index contributed by atoms with van der Waals surface area (Å²) in [6, 6.07) is 20.0. The minimum absolute atomic E-state index is 0.122. The summed E-state index contributed by atoms with van der Waals surface area (Å²) >= 11 is 0. The van der Waals surface area contributed by atoms with E-state index in [4.69, 9.17) is 13.9 Å². The van der Waals surface area contributed by atoms with E-state index in [9.17, 15) is 23.1 Å². The number of alkyl carbamates (subject to hydrolysis) is 1. The number of benzene rings is 3. The highest BCUT2D eigenvalue weighted by Gasteiger charge is 2.21. The van der Waals surface area contributed by atoms with Crippen LogP contribution >= 0.6 is 0 Å². The second kappa shape index (κ2) is 14.0. The van der Waals surface area contributed by atoms with E-state index >= 15 is 0 Å². The zero-order chi connectivity index (χ0) is 34.6. The van der Waals surface area contributed by atoms with Gasteiger partial charge in [-0.2, -0.15) is 17.5 Å². The Hall–Kier alpha value is -4.68. The molecule has 0 unspecified atom stereocenters. The van der Waals surface area contributed by atoms with Gasteiger partial charge in [0.05, 0.1) is 12.1 Å². The Labute approximate surface area is 275 Å². The molecule has 0 saturated heterocycles. The van der Waals surface area contributed by atoms with Crippen LogP contribution in [0.2, 0.25) is 0 Å². The van der Waals surface area contributed by atoms with Crippen molar-refractivity contribution in [3.8, 4) is 16.9 Å². The molecule has 0 radical (unpaired) electrons. The third-order valence-corrected chi connectivity index (χ3v) is 7.89. The summed E-state index contributed by atoms with van der Waals surface area (Å²) in [4.78, 5) is 23.6. The van der Waals surface area contributed by atoms with Gasteiger partial charge in [-0.1, -0.05) is 36.4 Å². The molecule has 0 bridgehead atoms. The Balaban J connectivity index is 1.74. The lowest BCUT2D eigenvalue weighted by Gasteiger charge is -2.19. The number of para-hydroxylation sites is 1. The molecule has 47 heavy (non-hydrogen) atoms. The molecule has 4 rings (SSSR count). The average molecular weight is 664 g/mol. The van der Waals surface area contributed by atoms with E-state index in [0.717, 1.165) is 16.7 Å². The summed E-state index contributed by atoms with van der Waals surface area (Å²) in [6.45, 7) is 12.5. The fourth-order valence-corrected chi connectivity index (χ4v) is 6.05. The van der Waals surface area contributed by atoms with Gasteiger partial charge in [0.1, 0.15) is 29.3 Å². The Morgan fingerprint density at radius 2 is 1.66 bits per heavy atom. The molecule has 0 aliphatic heterocycles. The topological polar surface area (TPSA) is 157 Å². The van der Waals surface area contributed by atoms with Crippen molar-refractivity contribution in [1.29, 1.82) is 0 Å². The molecule has 12 heteroatoms. The minimum atomic E-state index is -4.01. The Morgan fingerprint density at radius 3 is 2.34 bits per heavy atom. The van der Waals surface area contributed by atoms with Crippen LogP contribution < -0.4 is 14.8 Å². The highest BCUT2D eigenvalue weighted by molar-refractivity contribution is 7.88. The van der Waals surface area contributed by atoms with Crippen LogP contribution in [-0.4, -0.2) is 42.4 Å². The molecule has 0 atom stereocenters. The van der Waals surface area contributed by atoms with E-state index in [2.05, 4.69) is 14.4 Å². The highest BCUT2D eigenvalue weighted by atomic mass is 32.2. The van der Waals surface area contributed by atoms with E-state index < -0.39 is 33.4 Å². The number of rotatable bonds is 11. The molecule has 0 spiro atoms. The molecule has 0 aliphatic carbocycles. The van der Waals surface area contributed by atoms with Gasteiger partial charge in [-0.05, 0) is 95.5 Å². The van der Waals surface area contributed by atoms with Crippen molar-refractivity contribution in [2.24, 2.45) is 4.40 Å². The number of nitrogens with one attached hydrogen (secondary N) is 2. The summed E-state index contributed by atoms with van der Waals surface area (Å²) in [5.74, 6) is -0.235. The predicted octanol–water partition coefficient (Wildman–Crippen LogP) is 6.77. The van der Waals surface area contributed by atoms with Crippen molar-refractivity contribution in [2.45, 2.75) is 79.2 Å². The average Bonchev–Trinajstić information content (AvgIpc) is 3.37. The van der Waals surface area contributed by atoms with Crippen LogP contribution in [0.1, 0.15) is 70.9 Å². The predicted molar refractivity (Wildman–Crippen MR) is 181 cm³/mol. The first-order valence-electron chi connectivity index (χ1n) is 15.0. The van der Waals surface area contributed by atoms with Gasteiger partial charge in [-0.3, -0.25) is 4.79 Å². The van der Waals surface area contributed by atoms with E-state index in [1.165, 1.54) is 0 Å². The van der Waals surface area contributed by atoms with Crippen LogP contribution in [0.4, 0.5) is 4.79 Å². The quantitative estimate of drug-likeness (QED) is 0.148. The number of hydrogen-bond donors (Lipinski definition) is 3. The number of carboxylic acid groups (broad SMARTS) is 1. The van der Waals surface area contributed by atoms with Gasteiger partial charge in [-0.25, -0.2) is 4.79 Å². The van der Waals surface area contributed by atoms with Gasteiger partial charge < -0.3 is 24.3 Å². The lowest BCUT2D eigenvalue weighted by molar-refractivity contribution is -0.136. The van der Waals surface area contributed by atoms with E-state index in [1.54, 1.807) is 78.8 Å². The maximum absolute atomic E-state index is 12.7. The molecule has 3 aromatic carbocycles. The first kappa shape index (κ1) is 35.2. The number of carbonyl (C=O) groups excluding carboxylic acids is 1. The molecule has 1 amide bonds. The molecular formula is C35H41N3O8S. The van der Waals surface area contributed by atoms with Crippen LogP contribution in [0.25, 0.3) is 22.1 Å². The zero-order valence-corrected chi connectivity index (χ0v) is 28.4. The van der Waals surface area contributed by atoms with Crippen LogP contribution in [-0.2, 0) is 39.3 Å². The Morgan fingerprint density at radius 1 is 0.936 bits per heavy atom. The lowest BCUT2D eigenvalue weighted by Crippen LogP contribution is -2.39. The van der Waals surface area contributed by atoms with Crippen LogP contribution in [0.3, 0.4) is 0 Å². The fourth-order valence-electron chi connectivity index (χ4n) is 4.78. The monoisotopic (exact) mass is 663 g/mol. The molecular weight excluding hydrogens is 622 g/mol. The number of fused-ring (bicyclic) bond motifs is 1. The van der Waals surface area contributed by atoms with Gasteiger partial charge in [0, 0.05) is 28.6 Å². The number of nitrogens with zero attached hydrogens (tertiary/aromatic N) is 1. The van der Waals surface area contributed by atoms with E-state index in [1.807, 2.05) is 36.4 Å². The maximum Gasteiger partial charge on any atom is 0.407 e. The number of amides is 1. The molecule has 1 heterocycles. The summed E-state index contributed by atoms with van der Waals surface area (Å²) in [7, 11) is -4.01. The number of aliphatic carboxylic acids is 1. The number of hydrogen-bond acceptors (Lipinski definition) is 7. The number of carbonyl (C=O) groups is 2. The molecule has 11 nitrogen and oxygen atoms in total. The molecule has 0 fully saturated rings. The highest BCUT2D eigenvalue weighted by Crippen LogP contribution is 2.34. The molecule has 0 saturated carbocycles. The fraction of sp³-hybridized carbons (Fsp3) is 0.343. The third kappa shape index (κ3) is 10.4. The standard InChI is InChI=1S/C35H41N3O8S/c1-22(37-47(42,43)38-34(2,3)4)30-18-27-16-24(21-44-29-14-9-8-12-26(29)19-31(39)40)17-28(32(27)45-30)25-13-10-11-23(15-25)20-36-33(41)46-35(5,6)7/h8-18,38H,19-21H2,1-7H3,(H,36,41)(H,39,40)/b37-22-. The van der Waals surface area contributed by atoms with Gasteiger partial charge in [0.2, 0.25) is 0 Å². The third-order valence-electron chi connectivity index (χ3n) is 6.51. The van der Waals surface area contributed by atoms with Crippen molar-refractivity contribution in [1.82, 2.24) is 10.0 Å². The normalized spacial score (nSPS) is 12.6. The van der Waals surface area contributed by atoms with Crippen LogP contribution in [0, 0.1) is 0 Å². The largest absolute Gasteiger partial charge is 0.489 e. The van der Waals surface area contributed by atoms with Gasteiger partial charge in [-0.15, -0.1) is 0 Å². The van der Waals surface area contributed by atoms with Crippen molar-refractivity contribution in [3.63, 3.8) is 0 Å². The summed E-state index contributed by atoms with van der Waals surface area (Å²) in [6.07, 6.45) is -0.713. The van der Waals surface area contributed by atoms with E-state index in [0.29, 0.717) is 27.8 Å². The van der Waals surface area contributed by atoms with E-state index in [-0.39, 0.29) is 31.0 Å². The van der Waals surface area contributed by atoms with Gasteiger partial charge in [0.25, 0.3) is 0 Å². The summed E-state index contributed by atoms with van der Waals surface area (Å²) in [5, 5.41) is 12.8. The lowest BCUT2D eigenvalue weighted by atomic mass is 9.99. The Kier molecular flexibility index (Phi) is 10.5. The summed E-state index contributed by atoms with van der Waals surface area (Å²) in [5.41, 5.74) is 2.93. The SMILES string of the molecule is C/C(=N/S(=O)(=O)NC(C)(C)C)c1cc2cc(COc3ccccc3CC(=O)O)cc(-c3cccc(CNC(=O)OC(C)(C)C)c3)c2o1. The van der Waals surface area contributed by atoms with Crippen molar-refractivity contribution < 1.29 is 37.0 Å². The number of ether oxygens (including phenoxy) is 2. The maximum atomic E-state index is 12.7. The Bertz CT molecular complexity index is 1910. The number of carboxylic acids is 1.